The summed E-state index contributed by atoms with van der Waals surface area (Å²) >= 11 is 0. The Balaban J connectivity index is 2.12. The average molecular weight is 312 g/mol. The third-order valence-electron chi connectivity index (χ3n) is 3.23. The summed E-state index contributed by atoms with van der Waals surface area (Å²) in [6.07, 6.45) is 4.14. The lowest BCUT2D eigenvalue weighted by Gasteiger charge is -2.10. The molecule has 0 amide bonds. The molecule has 0 unspecified atom stereocenters. The van der Waals surface area contributed by atoms with E-state index in [2.05, 4.69) is 0 Å². The van der Waals surface area contributed by atoms with Gasteiger partial charge in [-0.2, -0.15) is 0 Å². The Hall–Kier alpha value is -2.75. The molecule has 0 aliphatic rings. The van der Waals surface area contributed by atoms with Crippen molar-refractivity contribution in [3.63, 3.8) is 0 Å². The molecule has 4 heteroatoms. The molecule has 0 heterocycles. The van der Waals surface area contributed by atoms with E-state index in [1.54, 1.807) is 25.3 Å². The molecule has 120 valence electrons. The topological polar surface area (TPSA) is 55.8 Å². The highest BCUT2D eigenvalue weighted by molar-refractivity contribution is 6.06. The van der Waals surface area contributed by atoms with E-state index in [1.807, 2.05) is 25.1 Å². The van der Waals surface area contributed by atoms with Crippen LogP contribution < -0.4 is 9.47 Å². The smallest absolute Gasteiger partial charge is 0.185 e. The molecule has 1 N–H and O–H groups in total. The van der Waals surface area contributed by atoms with Gasteiger partial charge in [0.25, 0.3) is 0 Å². The molecule has 4 nitrogen and oxygen atoms in total. The van der Waals surface area contributed by atoms with Crippen LogP contribution in [0.25, 0.3) is 6.08 Å². The zero-order valence-corrected chi connectivity index (χ0v) is 13.3. The number of aromatic hydroxyl groups is 1. The molecule has 2 rings (SSSR count). The van der Waals surface area contributed by atoms with Crippen LogP contribution in [0.4, 0.5) is 0 Å². The van der Waals surface area contributed by atoms with Gasteiger partial charge >= 0.3 is 0 Å². The summed E-state index contributed by atoms with van der Waals surface area (Å²) < 4.78 is 10.9. The number of phenols is 1. The van der Waals surface area contributed by atoms with E-state index in [1.165, 1.54) is 18.2 Å². The Morgan fingerprint density at radius 3 is 2.52 bits per heavy atom. The Morgan fingerprint density at radius 2 is 1.87 bits per heavy atom. The highest BCUT2D eigenvalue weighted by atomic mass is 16.5. The molecular formula is C19H20O4. The molecule has 0 spiro atoms. The summed E-state index contributed by atoms with van der Waals surface area (Å²) in [6.45, 7) is 2.67. The van der Waals surface area contributed by atoms with Gasteiger partial charge in [0.15, 0.2) is 17.3 Å². The number of hydrogen-bond acceptors (Lipinski definition) is 4. The Morgan fingerprint density at radius 1 is 1.13 bits per heavy atom. The van der Waals surface area contributed by atoms with Crippen LogP contribution in [0.3, 0.4) is 0 Å². The lowest BCUT2D eigenvalue weighted by Crippen LogP contribution is -1.98. The van der Waals surface area contributed by atoms with Crippen molar-refractivity contribution >= 4 is 11.9 Å². The Bertz CT molecular complexity index is 687. The minimum absolute atomic E-state index is 0.129. The maximum atomic E-state index is 12.1. The van der Waals surface area contributed by atoms with Gasteiger partial charge in [0.05, 0.1) is 13.7 Å². The highest BCUT2D eigenvalue weighted by Crippen LogP contribution is 2.28. The Labute approximate surface area is 136 Å². The van der Waals surface area contributed by atoms with Crippen LogP contribution in [-0.4, -0.2) is 24.6 Å². The van der Waals surface area contributed by atoms with Crippen molar-refractivity contribution in [2.45, 2.75) is 13.3 Å². The normalized spacial score (nSPS) is 10.7. The summed E-state index contributed by atoms with van der Waals surface area (Å²) in [5, 5.41) is 9.24. The van der Waals surface area contributed by atoms with Gasteiger partial charge in [-0.1, -0.05) is 19.1 Å². The molecule has 0 atom stereocenters. The molecule has 0 fully saturated rings. The van der Waals surface area contributed by atoms with Crippen LogP contribution in [0, 0.1) is 0 Å². The van der Waals surface area contributed by atoms with Gasteiger partial charge < -0.3 is 14.6 Å². The third kappa shape index (κ3) is 4.61. The van der Waals surface area contributed by atoms with E-state index in [4.69, 9.17) is 9.47 Å². The summed E-state index contributed by atoms with van der Waals surface area (Å²) in [4.78, 5) is 12.1. The van der Waals surface area contributed by atoms with E-state index < -0.39 is 0 Å². The molecule has 0 bridgehead atoms. The number of carbonyl (C=O) groups is 1. The van der Waals surface area contributed by atoms with Crippen molar-refractivity contribution in [3.05, 3.63) is 59.7 Å². The molecule has 23 heavy (non-hydrogen) atoms. The van der Waals surface area contributed by atoms with E-state index in [0.29, 0.717) is 23.7 Å². The SMILES string of the molecule is CCCOc1ccc(/C=C/C(=O)c2ccc(O)cc2)cc1OC. The predicted octanol–water partition coefficient (Wildman–Crippen LogP) is 4.09. The van der Waals surface area contributed by atoms with E-state index in [0.717, 1.165) is 12.0 Å². The molecule has 0 aromatic heterocycles. The quantitative estimate of drug-likeness (QED) is 0.618. The first-order valence-electron chi connectivity index (χ1n) is 7.46. The van der Waals surface area contributed by atoms with Crippen LogP contribution >= 0.6 is 0 Å². The lowest BCUT2D eigenvalue weighted by molar-refractivity contribution is 0.104. The van der Waals surface area contributed by atoms with Gasteiger partial charge in [0, 0.05) is 5.56 Å². The van der Waals surface area contributed by atoms with Gasteiger partial charge in [-0.05, 0) is 54.5 Å². The molecule has 2 aromatic carbocycles. The van der Waals surface area contributed by atoms with Crippen LogP contribution in [0.5, 0.6) is 17.2 Å². The lowest BCUT2D eigenvalue weighted by atomic mass is 10.1. The summed E-state index contributed by atoms with van der Waals surface area (Å²) in [5.74, 6) is 1.34. The van der Waals surface area contributed by atoms with Crippen molar-refractivity contribution in [3.8, 4) is 17.2 Å². The van der Waals surface area contributed by atoms with Gasteiger partial charge in [-0.15, -0.1) is 0 Å². The number of allylic oxidation sites excluding steroid dienone is 1. The first kappa shape index (κ1) is 16.6. The van der Waals surface area contributed by atoms with E-state index in [-0.39, 0.29) is 11.5 Å². The monoisotopic (exact) mass is 312 g/mol. The van der Waals surface area contributed by atoms with Crippen molar-refractivity contribution < 1.29 is 19.4 Å². The van der Waals surface area contributed by atoms with Gasteiger partial charge in [-0.25, -0.2) is 0 Å². The number of ketones is 1. The number of carbonyl (C=O) groups excluding carboxylic acids is 1. The van der Waals surface area contributed by atoms with Gasteiger partial charge in [0.2, 0.25) is 0 Å². The second-order valence-corrected chi connectivity index (χ2v) is 5.00. The zero-order chi connectivity index (χ0) is 16.7. The second-order valence-electron chi connectivity index (χ2n) is 5.00. The minimum Gasteiger partial charge on any atom is -0.508 e. The van der Waals surface area contributed by atoms with Crippen LogP contribution in [0.1, 0.15) is 29.3 Å². The number of hydrogen-bond donors (Lipinski definition) is 1. The van der Waals surface area contributed by atoms with Gasteiger partial charge in [-0.3, -0.25) is 4.79 Å². The predicted molar refractivity (Wildman–Crippen MR) is 90.3 cm³/mol. The molecule has 0 aliphatic heterocycles. The fourth-order valence-electron chi connectivity index (χ4n) is 2.01. The first-order chi connectivity index (χ1) is 11.1. The van der Waals surface area contributed by atoms with Crippen LogP contribution in [-0.2, 0) is 0 Å². The van der Waals surface area contributed by atoms with E-state index >= 15 is 0 Å². The van der Waals surface area contributed by atoms with Crippen molar-refractivity contribution in [1.29, 1.82) is 0 Å². The maximum Gasteiger partial charge on any atom is 0.185 e. The summed E-state index contributed by atoms with van der Waals surface area (Å²) in [5.41, 5.74) is 1.37. The van der Waals surface area contributed by atoms with Crippen LogP contribution in [0.15, 0.2) is 48.5 Å². The molecular weight excluding hydrogens is 292 g/mol. The standard InChI is InChI=1S/C19H20O4/c1-3-12-23-18-11-5-14(13-19(18)22-2)4-10-17(21)15-6-8-16(20)9-7-15/h4-11,13,20H,3,12H2,1-2H3/b10-4+. The maximum absolute atomic E-state index is 12.1. The molecule has 0 saturated heterocycles. The molecule has 0 saturated carbocycles. The third-order valence-corrected chi connectivity index (χ3v) is 3.23. The zero-order valence-electron chi connectivity index (χ0n) is 13.3. The van der Waals surface area contributed by atoms with Crippen molar-refractivity contribution in [2.75, 3.05) is 13.7 Å². The second kappa shape index (κ2) is 8.03. The fraction of sp³-hybridized carbons (Fsp3) is 0.211. The fourth-order valence-corrected chi connectivity index (χ4v) is 2.01. The first-order valence-corrected chi connectivity index (χ1v) is 7.46. The average Bonchev–Trinajstić information content (AvgIpc) is 2.58. The number of phenolic OH excluding ortho intramolecular Hbond substituents is 1. The summed E-state index contributed by atoms with van der Waals surface area (Å²) in [7, 11) is 1.59. The van der Waals surface area contributed by atoms with Crippen LogP contribution in [0.2, 0.25) is 0 Å². The number of rotatable bonds is 7. The molecule has 0 aliphatic carbocycles. The number of methoxy groups -OCH3 is 1. The van der Waals surface area contributed by atoms with Crippen molar-refractivity contribution in [1.82, 2.24) is 0 Å². The Kier molecular flexibility index (Phi) is 5.80. The van der Waals surface area contributed by atoms with Crippen molar-refractivity contribution in [2.24, 2.45) is 0 Å². The number of ether oxygens (including phenoxy) is 2. The summed E-state index contributed by atoms with van der Waals surface area (Å²) in [6, 6.07) is 11.7. The van der Waals surface area contributed by atoms with Gasteiger partial charge in [0.1, 0.15) is 5.75 Å². The largest absolute Gasteiger partial charge is 0.508 e. The minimum atomic E-state index is -0.129. The van der Waals surface area contributed by atoms with E-state index in [9.17, 15) is 9.90 Å². The molecule has 0 radical (unpaired) electrons. The highest BCUT2D eigenvalue weighted by Gasteiger charge is 2.05. The number of benzene rings is 2. The molecule has 2 aromatic rings.